The second-order valence-electron chi connectivity index (χ2n) is 4.42. The molecule has 0 spiro atoms. The van der Waals surface area contributed by atoms with Crippen LogP contribution in [0.4, 0.5) is 0 Å². The Kier molecular flexibility index (Phi) is 3.57. The Morgan fingerprint density at radius 1 is 1.31 bits per heavy atom. The second-order valence-corrected chi connectivity index (χ2v) is 4.42. The molecule has 16 heavy (non-hydrogen) atoms. The molecule has 0 saturated carbocycles. The summed E-state index contributed by atoms with van der Waals surface area (Å²) in [6.45, 7) is 1.96. The Morgan fingerprint density at radius 3 is 2.75 bits per heavy atom. The van der Waals surface area contributed by atoms with Gasteiger partial charge in [-0.05, 0) is 24.9 Å². The second kappa shape index (κ2) is 5.12. The molecule has 1 aromatic rings. The van der Waals surface area contributed by atoms with E-state index < -0.39 is 0 Å². The van der Waals surface area contributed by atoms with Gasteiger partial charge in [-0.25, -0.2) is 0 Å². The molecule has 0 bridgehead atoms. The van der Waals surface area contributed by atoms with Crippen molar-refractivity contribution in [2.45, 2.75) is 31.8 Å². The van der Waals surface area contributed by atoms with Crippen LogP contribution in [0.25, 0.3) is 0 Å². The van der Waals surface area contributed by atoms with Crippen LogP contribution in [0.2, 0.25) is 0 Å². The number of hydrogen-bond acceptors (Lipinski definition) is 2. The van der Waals surface area contributed by atoms with E-state index in [0.717, 1.165) is 19.5 Å². The largest absolute Gasteiger partial charge is 0.386 e. The Morgan fingerprint density at radius 2 is 2.06 bits per heavy atom. The van der Waals surface area contributed by atoms with Crippen molar-refractivity contribution in [3.05, 3.63) is 35.9 Å². The van der Waals surface area contributed by atoms with E-state index in [1.165, 1.54) is 18.4 Å². The van der Waals surface area contributed by atoms with Crippen LogP contribution < -0.4 is 5.73 Å². The van der Waals surface area contributed by atoms with E-state index in [9.17, 15) is 0 Å². The van der Waals surface area contributed by atoms with Gasteiger partial charge in [0.15, 0.2) is 0 Å². The number of piperidine rings is 1. The van der Waals surface area contributed by atoms with Crippen molar-refractivity contribution in [1.82, 2.24) is 4.90 Å². The molecule has 1 aliphatic heterocycles. The number of benzene rings is 1. The van der Waals surface area contributed by atoms with Gasteiger partial charge < -0.3 is 5.73 Å². The van der Waals surface area contributed by atoms with Gasteiger partial charge in [-0.3, -0.25) is 10.3 Å². The Bertz CT molecular complexity index is 347. The van der Waals surface area contributed by atoms with E-state index in [2.05, 4.69) is 29.2 Å². The molecule has 3 nitrogen and oxygen atoms in total. The van der Waals surface area contributed by atoms with Crippen LogP contribution >= 0.6 is 0 Å². The fourth-order valence-electron chi connectivity index (χ4n) is 2.35. The predicted octanol–water partition coefficient (Wildman–Crippen LogP) is 1.98. The molecule has 3 heteroatoms. The first-order valence-electron chi connectivity index (χ1n) is 5.89. The van der Waals surface area contributed by atoms with Crippen molar-refractivity contribution >= 4 is 5.84 Å². The molecule has 1 aromatic carbocycles. The number of nitrogens with zero attached hydrogens (tertiary/aromatic N) is 1. The molecule has 3 N–H and O–H groups in total. The third-order valence-corrected chi connectivity index (χ3v) is 3.20. The number of rotatable bonds is 3. The smallest absolute Gasteiger partial charge is 0.108 e. The molecule has 1 atom stereocenters. The molecular formula is C13H19N3. The summed E-state index contributed by atoms with van der Waals surface area (Å²) in [6.07, 6.45) is 3.44. The highest BCUT2D eigenvalue weighted by atomic mass is 15.2. The number of likely N-dealkylation sites (tertiary alicyclic amines) is 1. The lowest BCUT2D eigenvalue weighted by atomic mass is 10.0. The standard InChI is InChI=1S/C13H19N3/c14-13(15)12-8-4-5-9-16(12)10-11-6-2-1-3-7-11/h1-3,6-7,12H,4-5,8-10H2,(H3,14,15). The van der Waals surface area contributed by atoms with Gasteiger partial charge in [-0.15, -0.1) is 0 Å². The van der Waals surface area contributed by atoms with E-state index in [0.29, 0.717) is 5.84 Å². The summed E-state index contributed by atoms with van der Waals surface area (Å²) in [5, 5.41) is 7.62. The molecule has 0 amide bonds. The maximum absolute atomic E-state index is 7.62. The number of amidine groups is 1. The summed E-state index contributed by atoms with van der Waals surface area (Å²) in [4.78, 5) is 2.32. The average Bonchev–Trinajstić information content (AvgIpc) is 2.31. The van der Waals surface area contributed by atoms with Crippen LogP contribution in [0, 0.1) is 5.41 Å². The molecule has 2 rings (SSSR count). The third-order valence-electron chi connectivity index (χ3n) is 3.20. The lowest BCUT2D eigenvalue weighted by Gasteiger charge is -2.34. The SMILES string of the molecule is N=C(N)C1CCCCN1Cc1ccccc1. The maximum atomic E-state index is 7.62. The van der Waals surface area contributed by atoms with E-state index in [4.69, 9.17) is 11.1 Å². The average molecular weight is 217 g/mol. The highest BCUT2D eigenvalue weighted by molar-refractivity contribution is 5.82. The highest BCUT2D eigenvalue weighted by Gasteiger charge is 2.24. The monoisotopic (exact) mass is 217 g/mol. The summed E-state index contributed by atoms with van der Waals surface area (Å²) in [6, 6.07) is 10.6. The van der Waals surface area contributed by atoms with Gasteiger partial charge in [0.25, 0.3) is 0 Å². The number of nitrogens with two attached hydrogens (primary N) is 1. The van der Waals surface area contributed by atoms with Gasteiger partial charge in [0.1, 0.15) is 5.84 Å². The lowest BCUT2D eigenvalue weighted by Crippen LogP contribution is -2.46. The first kappa shape index (κ1) is 11.1. The van der Waals surface area contributed by atoms with Gasteiger partial charge in [0.2, 0.25) is 0 Å². The quantitative estimate of drug-likeness (QED) is 0.601. The first-order chi connectivity index (χ1) is 7.77. The minimum Gasteiger partial charge on any atom is -0.386 e. The van der Waals surface area contributed by atoms with Crippen molar-refractivity contribution in [1.29, 1.82) is 5.41 Å². The molecule has 0 aromatic heterocycles. The van der Waals surface area contributed by atoms with Crippen molar-refractivity contribution in [3.63, 3.8) is 0 Å². The Balaban J connectivity index is 2.04. The predicted molar refractivity (Wildman–Crippen MR) is 66.4 cm³/mol. The fraction of sp³-hybridized carbons (Fsp3) is 0.462. The fourth-order valence-corrected chi connectivity index (χ4v) is 2.35. The Labute approximate surface area is 96.8 Å². The molecule has 0 radical (unpaired) electrons. The number of hydrogen-bond donors (Lipinski definition) is 2. The van der Waals surface area contributed by atoms with E-state index in [1.54, 1.807) is 0 Å². The van der Waals surface area contributed by atoms with Crippen LogP contribution in [0.1, 0.15) is 24.8 Å². The van der Waals surface area contributed by atoms with Crippen molar-refractivity contribution in [3.8, 4) is 0 Å². The summed E-state index contributed by atoms with van der Waals surface area (Å²) in [5.74, 6) is 0.315. The zero-order valence-electron chi connectivity index (χ0n) is 9.52. The first-order valence-corrected chi connectivity index (χ1v) is 5.89. The van der Waals surface area contributed by atoms with E-state index >= 15 is 0 Å². The number of nitrogens with one attached hydrogen (secondary N) is 1. The van der Waals surface area contributed by atoms with Gasteiger partial charge in [0, 0.05) is 6.54 Å². The van der Waals surface area contributed by atoms with Crippen molar-refractivity contribution in [2.75, 3.05) is 6.54 Å². The molecule has 1 unspecified atom stereocenters. The molecule has 1 heterocycles. The zero-order chi connectivity index (χ0) is 11.4. The van der Waals surface area contributed by atoms with Gasteiger partial charge in [0.05, 0.1) is 6.04 Å². The van der Waals surface area contributed by atoms with Crippen molar-refractivity contribution in [2.24, 2.45) is 5.73 Å². The summed E-state index contributed by atoms with van der Waals surface area (Å²) >= 11 is 0. The normalized spacial score (nSPS) is 21.9. The van der Waals surface area contributed by atoms with Crippen LogP contribution in [-0.2, 0) is 6.54 Å². The van der Waals surface area contributed by atoms with Gasteiger partial charge in [-0.1, -0.05) is 36.8 Å². The molecule has 1 fully saturated rings. The topological polar surface area (TPSA) is 53.1 Å². The summed E-state index contributed by atoms with van der Waals surface area (Å²) < 4.78 is 0. The summed E-state index contributed by atoms with van der Waals surface area (Å²) in [7, 11) is 0. The minimum absolute atomic E-state index is 0.147. The van der Waals surface area contributed by atoms with Crippen molar-refractivity contribution < 1.29 is 0 Å². The van der Waals surface area contributed by atoms with Crippen LogP contribution in [-0.4, -0.2) is 23.3 Å². The minimum atomic E-state index is 0.147. The highest BCUT2D eigenvalue weighted by Crippen LogP contribution is 2.19. The molecule has 86 valence electrons. The summed E-state index contributed by atoms with van der Waals surface area (Å²) in [5.41, 5.74) is 6.95. The van der Waals surface area contributed by atoms with Gasteiger partial charge in [-0.2, -0.15) is 0 Å². The molecule has 1 saturated heterocycles. The third kappa shape index (κ3) is 2.61. The van der Waals surface area contributed by atoms with E-state index in [-0.39, 0.29) is 6.04 Å². The van der Waals surface area contributed by atoms with E-state index in [1.807, 2.05) is 6.07 Å². The molecule has 0 aliphatic carbocycles. The van der Waals surface area contributed by atoms with Gasteiger partial charge >= 0.3 is 0 Å². The van der Waals surface area contributed by atoms with Crippen LogP contribution in [0.15, 0.2) is 30.3 Å². The lowest BCUT2D eigenvalue weighted by molar-refractivity contribution is 0.182. The zero-order valence-corrected chi connectivity index (χ0v) is 9.52. The molecule has 1 aliphatic rings. The van der Waals surface area contributed by atoms with Crippen LogP contribution in [0.3, 0.4) is 0 Å². The molecular weight excluding hydrogens is 198 g/mol. The Hall–Kier alpha value is -1.35. The van der Waals surface area contributed by atoms with Crippen LogP contribution in [0.5, 0.6) is 0 Å². The maximum Gasteiger partial charge on any atom is 0.108 e.